The SMILES string of the molecule is CC12CCC(C(F)(F)F)CC1CCC1C2CCC2(C)C(C(=O)CBr)CCC12. The molecule has 4 aliphatic rings. The van der Waals surface area contributed by atoms with E-state index in [0.717, 1.165) is 44.9 Å². The molecule has 0 heterocycles. The molecule has 0 N–H and O–H groups in total. The molecule has 154 valence electrons. The summed E-state index contributed by atoms with van der Waals surface area (Å²) in [7, 11) is 0. The van der Waals surface area contributed by atoms with Crippen LogP contribution in [0.4, 0.5) is 13.2 Å². The monoisotopic (exact) mass is 448 g/mol. The number of fused-ring (bicyclic) bond motifs is 5. The molecule has 8 atom stereocenters. The van der Waals surface area contributed by atoms with Crippen molar-refractivity contribution in [2.24, 2.45) is 46.3 Å². The number of halogens is 4. The zero-order chi connectivity index (χ0) is 19.6. The van der Waals surface area contributed by atoms with Crippen molar-refractivity contribution in [2.75, 3.05) is 5.33 Å². The normalized spacial score (nSPS) is 49.9. The van der Waals surface area contributed by atoms with Gasteiger partial charge in [0.05, 0.1) is 11.2 Å². The Labute approximate surface area is 169 Å². The Balaban J connectivity index is 1.55. The number of carbonyl (C=O) groups excluding carboxylic acids is 1. The summed E-state index contributed by atoms with van der Waals surface area (Å²) >= 11 is 3.37. The maximum absolute atomic E-state index is 13.3. The Morgan fingerprint density at radius 2 is 1.63 bits per heavy atom. The Morgan fingerprint density at radius 3 is 2.30 bits per heavy atom. The highest BCUT2D eigenvalue weighted by Gasteiger charge is 2.62. The Bertz CT molecular complexity index is 605. The molecule has 0 amide bonds. The molecule has 0 aliphatic heterocycles. The quantitative estimate of drug-likeness (QED) is 0.425. The van der Waals surface area contributed by atoms with Crippen molar-refractivity contribution in [1.29, 1.82) is 0 Å². The lowest BCUT2D eigenvalue weighted by Crippen LogP contribution is -2.54. The summed E-state index contributed by atoms with van der Waals surface area (Å²) in [6.07, 6.45) is 3.70. The second kappa shape index (κ2) is 6.74. The fraction of sp³-hybridized carbons (Fsp3) is 0.955. The number of carbonyl (C=O) groups is 1. The molecular formula is C22H32BrF3O. The van der Waals surface area contributed by atoms with E-state index in [4.69, 9.17) is 0 Å². The largest absolute Gasteiger partial charge is 0.391 e. The van der Waals surface area contributed by atoms with Gasteiger partial charge in [0.25, 0.3) is 0 Å². The number of Topliss-reactive ketones (excluding diaryl/α,β-unsaturated/α-hetero) is 1. The second-order valence-corrected chi connectivity index (χ2v) is 11.0. The van der Waals surface area contributed by atoms with Crippen molar-refractivity contribution >= 4 is 21.7 Å². The third kappa shape index (κ3) is 3.04. The highest BCUT2D eigenvalue weighted by Crippen LogP contribution is 2.68. The zero-order valence-corrected chi connectivity index (χ0v) is 18.0. The Morgan fingerprint density at radius 1 is 0.963 bits per heavy atom. The van der Waals surface area contributed by atoms with Crippen molar-refractivity contribution < 1.29 is 18.0 Å². The molecule has 27 heavy (non-hydrogen) atoms. The van der Waals surface area contributed by atoms with Crippen LogP contribution in [-0.2, 0) is 4.79 Å². The minimum atomic E-state index is -4.03. The van der Waals surface area contributed by atoms with E-state index in [0.29, 0.717) is 41.7 Å². The van der Waals surface area contributed by atoms with Crippen LogP contribution in [0.5, 0.6) is 0 Å². The molecule has 5 heteroatoms. The van der Waals surface area contributed by atoms with Gasteiger partial charge in [-0.25, -0.2) is 0 Å². The van der Waals surface area contributed by atoms with Gasteiger partial charge in [0.1, 0.15) is 5.78 Å². The van der Waals surface area contributed by atoms with Crippen LogP contribution in [0, 0.1) is 46.3 Å². The summed E-state index contributed by atoms with van der Waals surface area (Å²) in [4.78, 5) is 12.5. The van der Waals surface area contributed by atoms with Gasteiger partial charge in [0, 0.05) is 5.92 Å². The van der Waals surface area contributed by atoms with E-state index in [9.17, 15) is 18.0 Å². The van der Waals surface area contributed by atoms with E-state index in [-0.39, 0.29) is 22.7 Å². The highest BCUT2D eigenvalue weighted by atomic mass is 79.9. The number of rotatable bonds is 2. The van der Waals surface area contributed by atoms with Gasteiger partial charge in [0.2, 0.25) is 0 Å². The van der Waals surface area contributed by atoms with Gasteiger partial charge in [-0.05, 0) is 92.3 Å². The second-order valence-electron chi connectivity index (χ2n) is 10.4. The van der Waals surface area contributed by atoms with Gasteiger partial charge in [-0.1, -0.05) is 29.8 Å². The first kappa shape index (κ1) is 20.2. The molecule has 8 unspecified atom stereocenters. The van der Waals surface area contributed by atoms with Crippen LogP contribution in [0.2, 0.25) is 0 Å². The predicted molar refractivity (Wildman–Crippen MR) is 104 cm³/mol. The molecule has 4 saturated carbocycles. The van der Waals surface area contributed by atoms with Crippen LogP contribution in [0.25, 0.3) is 0 Å². The van der Waals surface area contributed by atoms with Crippen LogP contribution in [0.1, 0.15) is 71.6 Å². The minimum absolute atomic E-state index is 0.0729. The van der Waals surface area contributed by atoms with E-state index >= 15 is 0 Å². The molecule has 0 saturated heterocycles. The number of ketones is 1. The van der Waals surface area contributed by atoms with Gasteiger partial charge < -0.3 is 0 Å². The van der Waals surface area contributed by atoms with Crippen molar-refractivity contribution in [2.45, 2.75) is 77.8 Å². The lowest BCUT2D eigenvalue weighted by atomic mass is 9.44. The average molecular weight is 449 g/mol. The van der Waals surface area contributed by atoms with Gasteiger partial charge in [0.15, 0.2) is 0 Å². The smallest absolute Gasteiger partial charge is 0.298 e. The topological polar surface area (TPSA) is 17.1 Å². The zero-order valence-electron chi connectivity index (χ0n) is 16.5. The molecule has 4 aliphatic carbocycles. The summed E-state index contributed by atoms with van der Waals surface area (Å²) in [6, 6.07) is 0. The molecule has 0 aromatic carbocycles. The molecule has 0 bridgehead atoms. The van der Waals surface area contributed by atoms with Gasteiger partial charge in [-0.3, -0.25) is 4.79 Å². The van der Waals surface area contributed by atoms with Gasteiger partial charge >= 0.3 is 6.18 Å². The fourth-order valence-electron chi connectivity index (χ4n) is 8.18. The standard InChI is InChI=1S/C22H32BrF3O/c1-20-9-7-14(22(24,25)26)11-13(20)3-4-15-16-5-6-18(19(27)12-23)21(16,2)10-8-17(15)20/h13-18H,3-12H2,1-2H3. The minimum Gasteiger partial charge on any atom is -0.298 e. The lowest BCUT2D eigenvalue weighted by molar-refractivity contribution is -0.207. The molecule has 1 nitrogen and oxygen atoms in total. The predicted octanol–water partition coefficient (Wildman–Crippen LogP) is 6.79. The molecular weight excluding hydrogens is 417 g/mol. The Hall–Kier alpha value is -0.0600. The molecule has 4 fully saturated rings. The third-order valence-electron chi connectivity index (χ3n) is 9.65. The number of hydrogen-bond acceptors (Lipinski definition) is 1. The number of hydrogen-bond donors (Lipinski definition) is 0. The first-order chi connectivity index (χ1) is 12.6. The van der Waals surface area contributed by atoms with Crippen molar-refractivity contribution in [3.05, 3.63) is 0 Å². The van der Waals surface area contributed by atoms with E-state index < -0.39 is 12.1 Å². The van der Waals surface area contributed by atoms with Crippen LogP contribution in [-0.4, -0.2) is 17.3 Å². The van der Waals surface area contributed by atoms with Gasteiger partial charge in [-0.15, -0.1) is 0 Å². The highest BCUT2D eigenvalue weighted by molar-refractivity contribution is 9.09. The molecule has 0 radical (unpaired) electrons. The summed E-state index contributed by atoms with van der Waals surface area (Å²) < 4.78 is 39.9. The summed E-state index contributed by atoms with van der Waals surface area (Å²) in [6.45, 7) is 4.64. The first-order valence-electron chi connectivity index (χ1n) is 10.8. The number of alkyl halides is 4. The third-order valence-corrected chi connectivity index (χ3v) is 10.2. The Kier molecular flexibility index (Phi) is 5.05. The van der Waals surface area contributed by atoms with Crippen LogP contribution in [0.15, 0.2) is 0 Å². The summed E-state index contributed by atoms with van der Waals surface area (Å²) in [5.74, 6) is 1.42. The molecule has 4 rings (SSSR count). The summed E-state index contributed by atoms with van der Waals surface area (Å²) in [5.41, 5.74) is 0.182. The van der Waals surface area contributed by atoms with E-state index in [1.807, 2.05) is 0 Å². The van der Waals surface area contributed by atoms with Gasteiger partial charge in [-0.2, -0.15) is 13.2 Å². The fourth-order valence-corrected chi connectivity index (χ4v) is 8.57. The van der Waals surface area contributed by atoms with E-state index in [2.05, 4.69) is 29.8 Å². The summed E-state index contributed by atoms with van der Waals surface area (Å²) in [5, 5.41) is 0.451. The van der Waals surface area contributed by atoms with E-state index in [1.165, 1.54) is 0 Å². The first-order valence-corrected chi connectivity index (χ1v) is 11.9. The van der Waals surface area contributed by atoms with Crippen LogP contribution < -0.4 is 0 Å². The van der Waals surface area contributed by atoms with Crippen molar-refractivity contribution in [3.63, 3.8) is 0 Å². The van der Waals surface area contributed by atoms with Crippen molar-refractivity contribution in [3.8, 4) is 0 Å². The van der Waals surface area contributed by atoms with E-state index in [1.54, 1.807) is 0 Å². The maximum atomic E-state index is 13.3. The van der Waals surface area contributed by atoms with Crippen LogP contribution >= 0.6 is 15.9 Å². The maximum Gasteiger partial charge on any atom is 0.391 e. The molecule has 0 spiro atoms. The van der Waals surface area contributed by atoms with Crippen molar-refractivity contribution in [1.82, 2.24) is 0 Å². The van der Waals surface area contributed by atoms with Crippen LogP contribution in [0.3, 0.4) is 0 Å². The lowest BCUT2D eigenvalue weighted by Gasteiger charge is -2.61. The molecule has 0 aromatic heterocycles. The molecule has 0 aromatic rings. The average Bonchev–Trinajstić information content (AvgIpc) is 2.96.